The number of hydrogen-bond donors (Lipinski definition) is 1. The highest BCUT2D eigenvalue weighted by atomic mass is 19.1. The van der Waals surface area contributed by atoms with E-state index in [4.69, 9.17) is 4.74 Å². The molecule has 152 valence electrons. The van der Waals surface area contributed by atoms with Crippen LogP contribution >= 0.6 is 0 Å². The lowest BCUT2D eigenvalue weighted by Gasteiger charge is -2.09. The number of halogens is 1. The Morgan fingerprint density at radius 2 is 1.67 bits per heavy atom. The Hall–Kier alpha value is -3.74. The molecule has 7 heteroatoms. The fraction of sp³-hybridized carbons (Fsp3) is 0.174. The number of carbonyl (C=O) groups excluding carboxylic acids is 1. The number of amides is 1. The molecular weight excluding hydrogens is 383 g/mol. The average Bonchev–Trinajstić information content (AvgIpc) is 3.01. The summed E-state index contributed by atoms with van der Waals surface area (Å²) in [6.07, 6.45) is 0. The first-order valence-electron chi connectivity index (χ1n) is 9.52. The Morgan fingerprint density at radius 3 is 2.33 bits per heavy atom. The van der Waals surface area contributed by atoms with Crippen molar-refractivity contribution in [1.29, 1.82) is 0 Å². The van der Waals surface area contributed by atoms with Crippen molar-refractivity contribution in [2.24, 2.45) is 7.05 Å². The van der Waals surface area contributed by atoms with E-state index in [2.05, 4.69) is 15.4 Å². The number of fused-ring (bicyclic) bond motifs is 1. The van der Waals surface area contributed by atoms with Crippen LogP contribution in [0.25, 0.3) is 11.0 Å². The quantitative estimate of drug-likeness (QED) is 0.534. The third-order valence-electron chi connectivity index (χ3n) is 4.86. The predicted molar refractivity (Wildman–Crippen MR) is 112 cm³/mol. The molecule has 0 radical (unpaired) electrons. The monoisotopic (exact) mass is 404 g/mol. The maximum atomic E-state index is 13.0. The zero-order chi connectivity index (χ0) is 21.3. The van der Waals surface area contributed by atoms with Gasteiger partial charge in [-0.2, -0.15) is 5.10 Å². The molecule has 0 unspecified atom stereocenters. The molecule has 4 aromatic rings. The van der Waals surface area contributed by atoms with E-state index >= 15 is 0 Å². The second kappa shape index (κ2) is 7.94. The van der Waals surface area contributed by atoms with Crippen molar-refractivity contribution in [2.75, 3.05) is 0 Å². The molecule has 30 heavy (non-hydrogen) atoms. The minimum atomic E-state index is -0.309. The van der Waals surface area contributed by atoms with Crippen LogP contribution in [-0.2, 0) is 13.6 Å². The van der Waals surface area contributed by atoms with E-state index in [1.54, 1.807) is 16.8 Å². The van der Waals surface area contributed by atoms with Crippen molar-refractivity contribution >= 4 is 16.9 Å². The van der Waals surface area contributed by atoms with Gasteiger partial charge >= 0.3 is 0 Å². The van der Waals surface area contributed by atoms with E-state index in [9.17, 15) is 9.18 Å². The number of aromatic nitrogens is 3. The highest BCUT2D eigenvalue weighted by Gasteiger charge is 2.15. The summed E-state index contributed by atoms with van der Waals surface area (Å²) in [7, 11) is 1.84. The molecule has 0 spiro atoms. The second-order valence-electron chi connectivity index (χ2n) is 7.08. The third-order valence-corrected chi connectivity index (χ3v) is 4.86. The summed E-state index contributed by atoms with van der Waals surface area (Å²) in [6.45, 7) is 4.09. The number of benzene rings is 2. The third kappa shape index (κ3) is 4.00. The van der Waals surface area contributed by atoms with Gasteiger partial charge in [0, 0.05) is 19.0 Å². The summed E-state index contributed by atoms with van der Waals surface area (Å²) in [5.74, 6) is 0.698. The van der Waals surface area contributed by atoms with E-state index in [0.717, 1.165) is 22.3 Å². The minimum absolute atomic E-state index is 0.184. The van der Waals surface area contributed by atoms with E-state index in [-0.39, 0.29) is 11.7 Å². The van der Waals surface area contributed by atoms with Crippen LogP contribution in [0.4, 0.5) is 4.39 Å². The minimum Gasteiger partial charge on any atom is -0.457 e. The van der Waals surface area contributed by atoms with Crippen molar-refractivity contribution in [3.8, 4) is 11.5 Å². The molecule has 4 rings (SSSR count). The smallest absolute Gasteiger partial charge is 0.253 e. The van der Waals surface area contributed by atoms with Crippen LogP contribution in [0.5, 0.6) is 11.5 Å². The van der Waals surface area contributed by atoms with Crippen LogP contribution in [0, 0.1) is 19.7 Å². The molecule has 1 N–H and O–H groups in total. The maximum Gasteiger partial charge on any atom is 0.253 e. The largest absolute Gasteiger partial charge is 0.457 e. The van der Waals surface area contributed by atoms with Gasteiger partial charge in [0.1, 0.15) is 17.3 Å². The SMILES string of the molecule is Cc1nc2c(cc1C(=O)NCc1ccc(Oc3ccc(F)cc3)cc1)c(C)nn2C. The lowest BCUT2D eigenvalue weighted by atomic mass is 10.1. The molecule has 0 saturated heterocycles. The number of rotatable bonds is 5. The number of nitrogens with one attached hydrogen (secondary N) is 1. The van der Waals surface area contributed by atoms with Crippen LogP contribution in [0.3, 0.4) is 0 Å². The van der Waals surface area contributed by atoms with Crippen LogP contribution < -0.4 is 10.1 Å². The summed E-state index contributed by atoms with van der Waals surface area (Å²) < 4.78 is 20.4. The molecule has 0 aliphatic carbocycles. The Balaban J connectivity index is 1.42. The fourth-order valence-corrected chi connectivity index (χ4v) is 3.25. The van der Waals surface area contributed by atoms with Crippen LogP contribution in [0.1, 0.15) is 27.3 Å². The van der Waals surface area contributed by atoms with Gasteiger partial charge in [-0.3, -0.25) is 9.48 Å². The van der Waals surface area contributed by atoms with Gasteiger partial charge in [-0.15, -0.1) is 0 Å². The predicted octanol–water partition coefficient (Wildman–Crippen LogP) is 4.45. The van der Waals surface area contributed by atoms with Crippen molar-refractivity contribution < 1.29 is 13.9 Å². The zero-order valence-electron chi connectivity index (χ0n) is 16.9. The van der Waals surface area contributed by atoms with E-state index in [1.807, 2.05) is 51.2 Å². The normalized spacial score (nSPS) is 10.9. The van der Waals surface area contributed by atoms with Gasteiger partial charge in [-0.05, 0) is 61.9 Å². The molecule has 0 aliphatic heterocycles. The Kier molecular flexibility index (Phi) is 5.18. The fourth-order valence-electron chi connectivity index (χ4n) is 3.25. The molecule has 0 atom stereocenters. The number of carbonyl (C=O) groups is 1. The number of aryl methyl sites for hydroxylation is 3. The van der Waals surface area contributed by atoms with Crippen molar-refractivity contribution in [2.45, 2.75) is 20.4 Å². The van der Waals surface area contributed by atoms with Gasteiger partial charge in [0.25, 0.3) is 5.91 Å². The number of nitrogens with zero attached hydrogens (tertiary/aromatic N) is 3. The van der Waals surface area contributed by atoms with Crippen LogP contribution in [0.2, 0.25) is 0 Å². The lowest BCUT2D eigenvalue weighted by Crippen LogP contribution is -2.24. The molecule has 2 heterocycles. The molecule has 1 amide bonds. The number of ether oxygens (including phenoxy) is 1. The first kappa shape index (κ1) is 19.6. The summed E-state index contributed by atoms with van der Waals surface area (Å²) >= 11 is 0. The average molecular weight is 404 g/mol. The molecule has 0 fully saturated rings. The maximum absolute atomic E-state index is 13.0. The summed E-state index contributed by atoms with van der Waals surface area (Å²) in [4.78, 5) is 17.2. The topological polar surface area (TPSA) is 69.0 Å². The molecule has 0 bridgehead atoms. The van der Waals surface area contributed by atoms with E-state index < -0.39 is 0 Å². The first-order chi connectivity index (χ1) is 14.4. The van der Waals surface area contributed by atoms with Gasteiger partial charge < -0.3 is 10.1 Å². The highest BCUT2D eigenvalue weighted by molar-refractivity contribution is 5.98. The highest BCUT2D eigenvalue weighted by Crippen LogP contribution is 2.22. The first-order valence-corrected chi connectivity index (χ1v) is 9.52. The Labute approximate surface area is 173 Å². The number of pyridine rings is 1. The molecule has 0 aliphatic rings. The van der Waals surface area contributed by atoms with Crippen LogP contribution in [0.15, 0.2) is 54.6 Å². The van der Waals surface area contributed by atoms with Crippen molar-refractivity contribution in [3.63, 3.8) is 0 Å². The van der Waals surface area contributed by atoms with Gasteiger partial charge in [-0.25, -0.2) is 9.37 Å². The zero-order valence-corrected chi connectivity index (χ0v) is 16.9. The van der Waals surface area contributed by atoms with Crippen LogP contribution in [-0.4, -0.2) is 20.7 Å². The molecule has 0 saturated carbocycles. The van der Waals surface area contributed by atoms with Gasteiger partial charge in [0.15, 0.2) is 5.65 Å². The molecule has 2 aromatic heterocycles. The lowest BCUT2D eigenvalue weighted by molar-refractivity contribution is 0.0950. The van der Waals surface area contributed by atoms with Gasteiger partial charge in [-0.1, -0.05) is 12.1 Å². The standard InChI is InChI=1S/C23H21FN4O2/c1-14-21(12-20-15(2)27-28(3)22(20)26-14)23(29)25-13-16-4-8-18(9-5-16)30-19-10-6-17(24)7-11-19/h4-12H,13H2,1-3H3,(H,25,29). The second-order valence-corrected chi connectivity index (χ2v) is 7.08. The number of hydrogen-bond acceptors (Lipinski definition) is 4. The van der Waals surface area contributed by atoms with Crippen molar-refractivity contribution in [3.05, 3.63) is 82.9 Å². The summed E-state index contributed by atoms with van der Waals surface area (Å²) in [6, 6.07) is 15.0. The Bertz CT molecular complexity index is 1210. The summed E-state index contributed by atoms with van der Waals surface area (Å²) in [5, 5.41) is 8.16. The summed E-state index contributed by atoms with van der Waals surface area (Å²) in [5.41, 5.74) is 3.73. The molecule has 6 nitrogen and oxygen atoms in total. The molecular formula is C23H21FN4O2. The van der Waals surface area contributed by atoms with Crippen molar-refractivity contribution in [1.82, 2.24) is 20.1 Å². The van der Waals surface area contributed by atoms with Gasteiger partial charge in [0.05, 0.1) is 17.0 Å². The molecule has 2 aromatic carbocycles. The van der Waals surface area contributed by atoms with E-state index in [0.29, 0.717) is 29.3 Å². The van der Waals surface area contributed by atoms with E-state index in [1.165, 1.54) is 12.1 Å². The van der Waals surface area contributed by atoms with Gasteiger partial charge in [0.2, 0.25) is 0 Å². The Morgan fingerprint density at radius 1 is 1.03 bits per heavy atom.